The molecule has 0 aliphatic rings. The van der Waals surface area contributed by atoms with Crippen molar-refractivity contribution in [1.82, 2.24) is 5.32 Å². The van der Waals surface area contributed by atoms with Gasteiger partial charge in [-0.3, -0.25) is 9.59 Å². The fourth-order valence-corrected chi connectivity index (χ4v) is 2.91. The number of carbonyl (C=O) groups excluding carboxylic acids is 2. The molecule has 3 N–H and O–H groups in total. The lowest BCUT2D eigenvalue weighted by atomic mass is 9.96. The molecule has 2 aromatic rings. The van der Waals surface area contributed by atoms with Gasteiger partial charge in [-0.05, 0) is 28.7 Å². The van der Waals surface area contributed by atoms with E-state index in [1.807, 2.05) is 50.2 Å². The van der Waals surface area contributed by atoms with Crippen LogP contribution in [0.2, 0.25) is 0 Å². The van der Waals surface area contributed by atoms with Gasteiger partial charge in [0.15, 0.2) is 0 Å². The molecule has 3 atom stereocenters. The highest BCUT2D eigenvalue weighted by atomic mass is 16.5. The lowest BCUT2D eigenvalue weighted by molar-refractivity contribution is -0.145. The molecule has 2 rings (SSSR count). The predicted octanol–water partition coefficient (Wildman–Crippen LogP) is 2.66. The smallest absolute Gasteiger partial charge is 0.310 e. The van der Waals surface area contributed by atoms with E-state index in [1.54, 1.807) is 0 Å². The summed E-state index contributed by atoms with van der Waals surface area (Å²) in [6, 6.07) is 13.6. The number of carbonyl (C=O) groups is 2. The topological polar surface area (TPSA) is 81.4 Å². The molecule has 0 fully saturated rings. The van der Waals surface area contributed by atoms with Crippen molar-refractivity contribution in [2.75, 3.05) is 13.7 Å². The third kappa shape index (κ3) is 5.05. The number of rotatable bonds is 8. The van der Waals surface area contributed by atoms with E-state index in [2.05, 4.69) is 11.4 Å². The molecular weight excluding hydrogens is 328 g/mol. The van der Waals surface area contributed by atoms with E-state index in [9.17, 15) is 9.59 Å². The summed E-state index contributed by atoms with van der Waals surface area (Å²) in [6.07, 6.45) is 1.32. The van der Waals surface area contributed by atoms with E-state index in [-0.39, 0.29) is 24.3 Å². The first-order valence-electron chi connectivity index (χ1n) is 9.05. The van der Waals surface area contributed by atoms with E-state index in [4.69, 9.17) is 10.5 Å². The molecule has 140 valence electrons. The number of amides is 1. The van der Waals surface area contributed by atoms with Crippen LogP contribution in [0, 0.1) is 11.8 Å². The Morgan fingerprint density at radius 1 is 1.15 bits per heavy atom. The Hall–Kier alpha value is -2.40. The van der Waals surface area contributed by atoms with Crippen LogP contribution in [0.25, 0.3) is 10.8 Å². The number of hydrogen-bond donors (Lipinski definition) is 2. The molecule has 3 unspecified atom stereocenters. The number of esters is 1. The van der Waals surface area contributed by atoms with Gasteiger partial charge in [0.1, 0.15) is 0 Å². The minimum absolute atomic E-state index is 0.0899. The molecular formula is C21H28N2O3. The summed E-state index contributed by atoms with van der Waals surface area (Å²) in [7, 11) is 1.36. The van der Waals surface area contributed by atoms with Crippen LogP contribution in [-0.4, -0.2) is 31.6 Å². The Balaban J connectivity index is 2.06. The first-order chi connectivity index (χ1) is 12.5. The van der Waals surface area contributed by atoms with Gasteiger partial charge < -0.3 is 15.8 Å². The lowest BCUT2D eigenvalue weighted by Gasteiger charge is -2.20. The maximum absolute atomic E-state index is 12.2. The van der Waals surface area contributed by atoms with Gasteiger partial charge in [0.05, 0.1) is 19.1 Å². The van der Waals surface area contributed by atoms with Gasteiger partial charge in [-0.15, -0.1) is 0 Å². The Labute approximate surface area is 154 Å². The summed E-state index contributed by atoms with van der Waals surface area (Å²) in [5.74, 6) is -0.927. The fourth-order valence-electron chi connectivity index (χ4n) is 2.91. The molecule has 5 nitrogen and oxygen atoms in total. The van der Waals surface area contributed by atoms with E-state index >= 15 is 0 Å². The first-order valence-corrected chi connectivity index (χ1v) is 9.05. The van der Waals surface area contributed by atoms with Crippen LogP contribution in [0.3, 0.4) is 0 Å². The minimum atomic E-state index is -0.570. The molecule has 0 bridgehead atoms. The average Bonchev–Trinajstić information content (AvgIpc) is 2.68. The van der Waals surface area contributed by atoms with Crippen molar-refractivity contribution in [2.24, 2.45) is 17.6 Å². The maximum atomic E-state index is 12.2. The van der Waals surface area contributed by atoms with Gasteiger partial charge in [0, 0.05) is 6.54 Å². The van der Waals surface area contributed by atoms with Crippen LogP contribution in [-0.2, 0) is 20.7 Å². The van der Waals surface area contributed by atoms with Crippen molar-refractivity contribution in [2.45, 2.75) is 32.7 Å². The zero-order valence-electron chi connectivity index (χ0n) is 15.7. The van der Waals surface area contributed by atoms with Crippen molar-refractivity contribution in [3.8, 4) is 0 Å². The highest BCUT2D eigenvalue weighted by molar-refractivity contribution is 5.84. The van der Waals surface area contributed by atoms with Crippen molar-refractivity contribution < 1.29 is 14.3 Å². The van der Waals surface area contributed by atoms with Crippen LogP contribution in [0.5, 0.6) is 0 Å². The van der Waals surface area contributed by atoms with Gasteiger partial charge in [0.25, 0.3) is 0 Å². The highest BCUT2D eigenvalue weighted by Gasteiger charge is 2.24. The van der Waals surface area contributed by atoms with Crippen molar-refractivity contribution >= 4 is 22.6 Å². The summed E-state index contributed by atoms with van der Waals surface area (Å²) in [5.41, 5.74) is 6.98. The van der Waals surface area contributed by atoms with Gasteiger partial charge in [-0.1, -0.05) is 62.7 Å². The van der Waals surface area contributed by atoms with Crippen molar-refractivity contribution in [1.29, 1.82) is 0 Å². The van der Waals surface area contributed by atoms with Crippen LogP contribution in [0.15, 0.2) is 42.5 Å². The second-order valence-corrected chi connectivity index (χ2v) is 6.76. The standard InChI is InChI=1S/C21H28N2O3/c1-4-14(2)19(22)20(24)23-13-18(21(25)26-3)12-15-9-10-16-7-5-6-8-17(16)11-15/h5-11,14,18-19H,4,12-13,22H2,1-3H3,(H,23,24). The average molecular weight is 356 g/mol. The zero-order chi connectivity index (χ0) is 19.1. The van der Waals surface area contributed by atoms with Crippen LogP contribution >= 0.6 is 0 Å². The van der Waals surface area contributed by atoms with E-state index < -0.39 is 12.0 Å². The normalized spacial score (nSPS) is 14.5. The number of ether oxygens (including phenoxy) is 1. The number of fused-ring (bicyclic) bond motifs is 1. The van der Waals surface area contributed by atoms with Crippen molar-refractivity contribution in [3.63, 3.8) is 0 Å². The minimum Gasteiger partial charge on any atom is -0.469 e. The highest BCUT2D eigenvalue weighted by Crippen LogP contribution is 2.18. The number of methoxy groups -OCH3 is 1. The third-order valence-electron chi connectivity index (χ3n) is 4.91. The molecule has 0 saturated heterocycles. The van der Waals surface area contributed by atoms with Gasteiger partial charge in [-0.25, -0.2) is 0 Å². The third-order valence-corrected chi connectivity index (χ3v) is 4.91. The molecule has 1 amide bonds. The molecule has 0 spiro atoms. The number of benzene rings is 2. The summed E-state index contributed by atoms with van der Waals surface area (Å²) in [6.45, 7) is 4.15. The lowest BCUT2D eigenvalue weighted by Crippen LogP contribution is -2.47. The summed E-state index contributed by atoms with van der Waals surface area (Å²) in [4.78, 5) is 24.3. The summed E-state index contributed by atoms with van der Waals surface area (Å²) in [5, 5.41) is 5.08. The van der Waals surface area contributed by atoms with Gasteiger partial charge >= 0.3 is 5.97 Å². The summed E-state index contributed by atoms with van der Waals surface area (Å²) < 4.78 is 4.91. The Morgan fingerprint density at radius 3 is 2.50 bits per heavy atom. The quantitative estimate of drug-likeness (QED) is 0.713. The molecule has 0 radical (unpaired) electrons. The number of nitrogens with one attached hydrogen (secondary N) is 1. The Bertz CT molecular complexity index is 760. The number of nitrogens with two attached hydrogens (primary N) is 1. The van der Waals surface area contributed by atoms with Gasteiger partial charge in [-0.2, -0.15) is 0 Å². The monoisotopic (exact) mass is 356 g/mol. The van der Waals surface area contributed by atoms with E-state index in [1.165, 1.54) is 7.11 Å². The maximum Gasteiger partial charge on any atom is 0.310 e. The van der Waals surface area contributed by atoms with E-state index in [0.29, 0.717) is 6.42 Å². The largest absolute Gasteiger partial charge is 0.469 e. The predicted molar refractivity (Wildman–Crippen MR) is 104 cm³/mol. The fraction of sp³-hybridized carbons (Fsp3) is 0.429. The molecule has 0 saturated carbocycles. The number of hydrogen-bond acceptors (Lipinski definition) is 4. The van der Waals surface area contributed by atoms with Gasteiger partial charge in [0.2, 0.25) is 5.91 Å². The van der Waals surface area contributed by atoms with E-state index in [0.717, 1.165) is 22.8 Å². The zero-order valence-corrected chi connectivity index (χ0v) is 15.7. The molecule has 0 aromatic heterocycles. The van der Waals surface area contributed by atoms with Crippen molar-refractivity contribution in [3.05, 3.63) is 48.0 Å². The Kier molecular flexibility index (Phi) is 7.16. The van der Waals surface area contributed by atoms with Crippen LogP contribution in [0.4, 0.5) is 0 Å². The second kappa shape index (κ2) is 9.34. The van der Waals surface area contributed by atoms with Crippen LogP contribution in [0.1, 0.15) is 25.8 Å². The summed E-state index contributed by atoms with van der Waals surface area (Å²) >= 11 is 0. The molecule has 0 aliphatic heterocycles. The molecule has 2 aromatic carbocycles. The first kappa shape index (κ1) is 19.9. The SMILES string of the molecule is CCC(C)C(N)C(=O)NCC(Cc1ccc2ccccc2c1)C(=O)OC. The van der Waals surface area contributed by atoms with Crippen LogP contribution < -0.4 is 11.1 Å². The molecule has 0 heterocycles. The molecule has 26 heavy (non-hydrogen) atoms. The Morgan fingerprint density at radius 2 is 1.85 bits per heavy atom. The molecule has 0 aliphatic carbocycles. The molecule has 5 heteroatoms. The second-order valence-electron chi connectivity index (χ2n) is 6.76.